The Morgan fingerprint density at radius 3 is 2.58 bits per heavy atom. The predicted molar refractivity (Wildman–Crippen MR) is 102 cm³/mol. The SMILES string of the molecule is COC(=O)C1CN(S(=O)(=O)c2cc(C)c(C)c(Br)c2)Cc2ccccc21. The number of esters is 1. The number of aryl methyl sites for hydroxylation is 1. The number of sulfonamides is 1. The number of nitrogens with zero attached hydrogens (tertiary/aromatic N) is 1. The van der Waals surface area contributed by atoms with Gasteiger partial charge >= 0.3 is 5.97 Å². The maximum Gasteiger partial charge on any atom is 0.314 e. The van der Waals surface area contributed by atoms with Gasteiger partial charge in [0.1, 0.15) is 0 Å². The third kappa shape index (κ3) is 3.31. The second kappa shape index (κ2) is 7.13. The molecule has 0 aliphatic carbocycles. The number of methoxy groups -OCH3 is 1. The van der Waals surface area contributed by atoms with Gasteiger partial charge in [-0.1, -0.05) is 40.2 Å². The summed E-state index contributed by atoms with van der Waals surface area (Å²) in [5, 5.41) is 0. The smallest absolute Gasteiger partial charge is 0.314 e. The number of halogens is 1. The van der Waals surface area contributed by atoms with Crippen LogP contribution in [0.3, 0.4) is 0 Å². The largest absolute Gasteiger partial charge is 0.469 e. The summed E-state index contributed by atoms with van der Waals surface area (Å²) in [6, 6.07) is 10.7. The van der Waals surface area contributed by atoms with Gasteiger partial charge in [0.25, 0.3) is 0 Å². The molecule has 0 fully saturated rings. The van der Waals surface area contributed by atoms with Crippen LogP contribution in [0.4, 0.5) is 0 Å². The van der Waals surface area contributed by atoms with E-state index in [1.54, 1.807) is 12.1 Å². The molecule has 0 bridgehead atoms. The Kier molecular flexibility index (Phi) is 5.23. The van der Waals surface area contributed by atoms with Crippen molar-refractivity contribution in [2.24, 2.45) is 0 Å². The van der Waals surface area contributed by atoms with Crippen LogP contribution in [-0.2, 0) is 26.1 Å². The van der Waals surface area contributed by atoms with Crippen molar-refractivity contribution in [3.05, 3.63) is 63.1 Å². The third-order valence-electron chi connectivity index (χ3n) is 4.86. The molecule has 0 radical (unpaired) electrons. The van der Waals surface area contributed by atoms with Gasteiger partial charge < -0.3 is 4.74 Å². The number of rotatable bonds is 3. The molecule has 26 heavy (non-hydrogen) atoms. The van der Waals surface area contributed by atoms with E-state index in [0.717, 1.165) is 26.7 Å². The molecule has 1 heterocycles. The number of hydrogen-bond acceptors (Lipinski definition) is 4. The van der Waals surface area contributed by atoms with Gasteiger partial charge in [0.15, 0.2) is 0 Å². The Balaban J connectivity index is 2.05. The van der Waals surface area contributed by atoms with E-state index in [4.69, 9.17) is 4.74 Å². The molecule has 5 nitrogen and oxygen atoms in total. The summed E-state index contributed by atoms with van der Waals surface area (Å²) < 4.78 is 33.4. The van der Waals surface area contributed by atoms with E-state index in [2.05, 4.69) is 15.9 Å². The fraction of sp³-hybridized carbons (Fsp3) is 0.316. The average Bonchev–Trinajstić information content (AvgIpc) is 2.64. The van der Waals surface area contributed by atoms with Crippen LogP contribution >= 0.6 is 15.9 Å². The van der Waals surface area contributed by atoms with Crippen molar-refractivity contribution in [1.82, 2.24) is 4.31 Å². The molecule has 3 rings (SSSR count). The summed E-state index contributed by atoms with van der Waals surface area (Å²) in [6.07, 6.45) is 0. The van der Waals surface area contributed by atoms with Gasteiger partial charge in [-0.25, -0.2) is 8.42 Å². The standard InChI is InChI=1S/C19H20BrNO4S/c1-12-8-15(9-18(20)13(12)2)26(23,24)21-10-14-6-4-5-7-16(14)17(11-21)19(22)25-3/h4-9,17H,10-11H2,1-3H3. The van der Waals surface area contributed by atoms with E-state index >= 15 is 0 Å². The number of carbonyl (C=O) groups is 1. The van der Waals surface area contributed by atoms with Crippen LogP contribution in [0.1, 0.15) is 28.2 Å². The van der Waals surface area contributed by atoms with E-state index in [9.17, 15) is 13.2 Å². The Morgan fingerprint density at radius 1 is 1.23 bits per heavy atom. The zero-order valence-corrected chi connectivity index (χ0v) is 17.2. The van der Waals surface area contributed by atoms with Gasteiger partial charge in [-0.05, 0) is 48.2 Å². The molecule has 1 aliphatic heterocycles. The molecule has 0 saturated carbocycles. The quantitative estimate of drug-likeness (QED) is 0.688. The molecule has 1 atom stereocenters. The van der Waals surface area contributed by atoms with Crippen molar-refractivity contribution in [3.63, 3.8) is 0 Å². The molecule has 0 spiro atoms. The molecule has 138 valence electrons. The Morgan fingerprint density at radius 2 is 1.92 bits per heavy atom. The van der Waals surface area contributed by atoms with Crippen LogP contribution in [0.5, 0.6) is 0 Å². The van der Waals surface area contributed by atoms with Crippen molar-refractivity contribution in [3.8, 4) is 0 Å². The number of benzene rings is 2. The number of carbonyl (C=O) groups excluding carboxylic acids is 1. The predicted octanol–water partition coefficient (Wildman–Crippen LogP) is 3.53. The number of fused-ring (bicyclic) bond motifs is 1. The lowest BCUT2D eigenvalue weighted by Gasteiger charge is -2.32. The number of hydrogen-bond donors (Lipinski definition) is 0. The number of ether oxygens (including phenoxy) is 1. The second-order valence-electron chi connectivity index (χ2n) is 6.42. The molecular weight excluding hydrogens is 418 g/mol. The van der Waals surface area contributed by atoms with E-state index < -0.39 is 21.9 Å². The summed E-state index contributed by atoms with van der Waals surface area (Å²) in [5.41, 5.74) is 3.54. The normalized spacial score (nSPS) is 17.6. The van der Waals surface area contributed by atoms with Crippen LogP contribution in [0.15, 0.2) is 45.8 Å². The fourth-order valence-electron chi connectivity index (χ4n) is 3.18. The molecule has 0 saturated heterocycles. The minimum Gasteiger partial charge on any atom is -0.469 e. The Bertz CT molecular complexity index is 948. The average molecular weight is 438 g/mol. The van der Waals surface area contributed by atoms with E-state index in [-0.39, 0.29) is 18.0 Å². The van der Waals surface area contributed by atoms with Crippen LogP contribution in [0.25, 0.3) is 0 Å². The highest BCUT2D eigenvalue weighted by atomic mass is 79.9. The minimum absolute atomic E-state index is 0.0660. The van der Waals surface area contributed by atoms with E-state index in [1.165, 1.54) is 11.4 Å². The Hall–Kier alpha value is -1.70. The van der Waals surface area contributed by atoms with Crippen LogP contribution in [-0.4, -0.2) is 32.3 Å². The first-order valence-electron chi connectivity index (χ1n) is 8.18. The zero-order chi connectivity index (χ0) is 19.1. The van der Waals surface area contributed by atoms with Gasteiger partial charge in [-0.3, -0.25) is 4.79 Å². The molecular formula is C19H20BrNO4S. The van der Waals surface area contributed by atoms with Crippen molar-refractivity contribution in [2.75, 3.05) is 13.7 Å². The fourth-order valence-corrected chi connectivity index (χ4v) is 5.44. The summed E-state index contributed by atoms with van der Waals surface area (Å²) in [6.45, 7) is 4.11. The zero-order valence-electron chi connectivity index (χ0n) is 14.8. The lowest BCUT2D eigenvalue weighted by molar-refractivity contribution is -0.142. The van der Waals surface area contributed by atoms with Crippen molar-refractivity contribution >= 4 is 31.9 Å². The molecule has 2 aromatic rings. The molecule has 0 aromatic heterocycles. The molecule has 0 amide bonds. The van der Waals surface area contributed by atoms with Crippen molar-refractivity contribution in [1.29, 1.82) is 0 Å². The minimum atomic E-state index is -3.75. The molecule has 1 aliphatic rings. The van der Waals surface area contributed by atoms with E-state index in [1.807, 2.05) is 38.1 Å². The first-order valence-corrected chi connectivity index (χ1v) is 10.4. The molecule has 2 aromatic carbocycles. The van der Waals surface area contributed by atoms with Crippen LogP contribution < -0.4 is 0 Å². The van der Waals surface area contributed by atoms with Crippen molar-refractivity contribution < 1.29 is 17.9 Å². The third-order valence-corrected chi connectivity index (χ3v) is 7.48. The van der Waals surface area contributed by atoms with Gasteiger partial charge in [0.05, 0.1) is 17.9 Å². The molecule has 0 N–H and O–H groups in total. The first kappa shape index (κ1) is 19.1. The van der Waals surface area contributed by atoms with Crippen LogP contribution in [0, 0.1) is 13.8 Å². The van der Waals surface area contributed by atoms with Gasteiger partial charge in [0, 0.05) is 17.6 Å². The summed E-state index contributed by atoms with van der Waals surface area (Å²) >= 11 is 3.43. The van der Waals surface area contributed by atoms with Gasteiger partial charge in [0.2, 0.25) is 10.0 Å². The maximum absolute atomic E-state index is 13.2. The lowest BCUT2D eigenvalue weighted by Crippen LogP contribution is -2.40. The van der Waals surface area contributed by atoms with Gasteiger partial charge in [-0.15, -0.1) is 0 Å². The molecule has 1 unspecified atom stereocenters. The highest BCUT2D eigenvalue weighted by molar-refractivity contribution is 9.10. The summed E-state index contributed by atoms with van der Waals surface area (Å²) in [4.78, 5) is 12.5. The van der Waals surface area contributed by atoms with Gasteiger partial charge in [-0.2, -0.15) is 4.31 Å². The van der Waals surface area contributed by atoms with Crippen molar-refractivity contribution in [2.45, 2.75) is 31.2 Å². The topological polar surface area (TPSA) is 63.7 Å². The lowest BCUT2D eigenvalue weighted by atomic mass is 9.91. The highest BCUT2D eigenvalue weighted by Gasteiger charge is 2.37. The second-order valence-corrected chi connectivity index (χ2v) is 9.21. The highest BCUT2D eigenvalue weighted by Crippen LogP contribution is 2.34. The first-order chi connectivity index (χ1) is 12.3. The maximum atomic E-state index is 13.2. The Labute approximate surface area is 162 Å². The summed E-state index contributed by atoms with van der Waals surface area (Å²) in [5.74, 6) is -1.06. The van der Waals surface area contributed by atoms with Crippen LogP contribution in [0.2, 0.25) is 0 Å². The monoisotopic (exact) mass is 437 g/mol. The summed E-state index contributed by atoms with van der Waals surface area (Å²) in [7, 11) is -2.43. The molecule has 7 heteroatoms. The van der Waals surface area contributed by atoms with E-state index in [0.29, 0.717) is 0 Å².